The maximum absolute atomic E-state index is 12.3. The summed E-state index contributed by atoms with van der Waals surface area (Å²) in [7, 11) is 1.86. The molecule has 0 radical (unpaired) electrons. The van der Waals surface area contributed by atoms with E-state index in [1.165, 1.54) is 0 Å². The summed E-state index contributed by atoms with van der Waals surface area (Å²) >= 11 is 9.40. The van der Waals surface area contributed by atoms with Crippen LogP contribution in [0.3, 0.4) is 0 Å². The number of hydrogen-bond donors (Lipinski definition) is 0. The molecule has 2 nitrogen and oxygen atoms in total. The number of benzene rings is 1. The zero-order chi connectivity index (χ0) is 13.3. The summed E-state index contributed by atoms with van der Waals surface area (Å²) in [4.78, 5) is 14.1. The molecule has 0 heterocycles. The van der Waals surface area contributed by atoms with Gasteiger partial charge in [0.1, 0.15) is 0 Å². The Morgan fingerprint density at radius 1 is 1.50 bits per heavy atom. The molecule has 0 unspecified atom stereocenters. The average molecular weight is 331 g/mol. The molecule has 0 saturated heterocycles. The van der Waals surface area contributed by atoms with E-state index in [9.17, 15) is 4.79 Å². The third kappa shape index (κ3) is 3.07. The van der Waals surface area contributed by atoms with Crippen molar-refractivity contribution in [1.82, 2.24) is 4.90 Å². The van der Waals surface area contributed by atoms with Crippen molar-refractivity contribution in [1.29, 1.82) is 0 Å². The highest BCUT2D eigenvalue weighted by Gasteiger charge is 2.29. The van der Waals surface area contributed by atoms with E-state index in [-0.39, 0.29) is 5.91 Å². The topological polar surface area (TPSA) is 20.3 Å². The van der Waals surface area contributed by atoms with Crippen LogP contribution >= 0.6 is 27.5 Å². The van der Waals surface area contributed by atoms with Gasteiger partial charge < -0.3 is 4.90 Å². The Kier molecular flexibility index (Phi) is 4.33. The van der Waals surface area contributed by atoms with Crippen molar-refractivity contribution in [2.75, 3.05) is 13.6 Å². The molecule has 1 aromatic rings. The zero-order valence-electron chi connectivity index (χ0n) is 10.6. The summed E-state index contributed by atoms with van der Waals surface area (Å²) < 4.78 is 0.855. The molecule has 0 spiro atoms. The van der Waals surface area contributed by atoms with Gasteiger partial charge in [-0.2, -0.15) is 0 Å². The molecule has 1 saturated carbocycles. The second kappa shape index (κ2) is 5.62. The predicted octanol–water partition coefficient (Wildman–Crippen LogP) is 3.85. The number of halogens is 2. The number of aryl methyl sites for hydroxylation is 1. The highest BCUT2D eigenvalue weighted by atomic mass is 79.9. The van der Waals surface area contributed by atoms with E-state index in [2.05, 4.69) is 15.9 Å². The first kappa shape index (κ1) is 13.9. The first-order valence-corrected chi connectivity index (χ1v) is 7.36. The summed E-state index contributed by atoms with van der Waals surface area (Å²) in [5, 5.41) is 0.309. The van der Waals surface area contributed by atoms with E-state index in [4.69, 9.17) is 11.6 Å². The van der Waals surface area contributed by atoms with Crippen molar-refractivity contribution in [2.24, 2.45) is 5.92 Å². The Bertz CT molecular complexity index is 457. The minimum absolute atomic E-state index is 0.0728. The molecule has 1 aliphatic rings. The van der Waals surface area contributed by atoms with Crippen molar-refractivity contribution in [3.63, 3.8) is 0 Å². The van der Waals surface area contributed by atoms with Gasteiger partial charge in [-0.05, 0) is 53.7 Å². The largest absolute Gasteiger partial charge is 0.341 e. The second-order valence-corrected chi connectivity index (χ2v) is 6.58. The number of carbonyl (C=O) groups is 1. The van der Waals surface area contributed by atoms with Crippen molar-refractivity contribution in [2.45, 2.75) is 25.1 Å². The summed E-state index contributed by atoms with van der Waals surface area (Å²) in [5.41, 5.74) is 1.83. The number of rotatable bonds is 3. The zero-order valence-corrected chi connectivity index (χ0v) is 13.0. The molecule has 98 valence electrons. The molecular formula is C14H17BrClNO. The molecule has 1 aromatic carbocycles. The summed E-state index contributed by atoms with van der Waals surface area (Å²) in [5.74, 6) is 0.633. The number of hydrogen-bond acceptors (Lipinski definition) is 1. The monoisotopic (exact) mass is 329 g/mol. The third-order valence-electron chi connectivity index (χ3n) is 3.41. The van der Waals surface area contributed by atoms with Crippen LogP contribution in [0.4, 0.5) is 0 Å². The van der Waals surface area contributed by atoms with Crippen LogP contribution in [0.15, 0.2) is 22.7 Å². The van der Waals surface area contributed by atoms with Crippen molar-refractivity contribution in [3.8, 4) is 0 Å². The molecule has 0 aromatic heterocycles. The summed E-state index contributed by atoms with van der Waals surface area (Å²) in [6.07, 6.45) is 2.04. The normalized spacial score (nSPS) is 22.4. The van der Waals surface area contributed by atoms with Crippen LogP contribution in [0.1, 0.15) is 28.8 Å². The van der Waals surface area contributed by atoms with Gasteiger partial charge in [0.05, 0.1) is 5.56 Å². The van der Waals surface area contributed by atoms with Gasteiger partial charge in [0, 0.05) is 23.4 Å². The van der Waals surface area contributed by atoms with Crippen LogP contribution < -0.4 is 0 Å². The fraction of sp³-hybridized carbons (Fsp3) is 0.500. The van der Waals surface area contributed by atoms with Gasteiger partial charge in [0.25, 0.3) is 5.91 Å². The summed E-state index contributed by atoms with van der Waals surface area (Å²) in [6.45, 7) is 2.79. The lowest BCUT2D eigenvalue weighted by Gasteiger charge is -2.34. The maximum atomic E-state index is 12.3. The Morgan fingerprint density at radius 3 is 2.78 bits per heavy atom. The quantitative estimate of drug-likeness (QED) is 0.771. The van der Waals surface area contributed by atoms with Crippen LogP contribution in [-0.2, 0) is 0 Å². The van der Waals surface area contributed by atoms with Crippen molar-refractivity contribution < 1.29 is 4.79 Å². The Hall–Kier alpha value is -0.540. The highest BCUT2D eigenvalue weighted by molar-refractivity contribution is 9.10. The first-order chi connectivity index (χ1) is 8.47. The number of alkyl halides is 1. The molecule has 0 N–H and O–H groups in total. The Balaban J connectivity index is 2.03. The molecular weight excluding hydrogens is 314 g/mol. The second-order valence-electron chi connectivity index (χ2n) is 5.10. The van der Waals surface area contributed by atoms with Crippen LogP contribution in [0.2, 0.25) is 0 Å². The van der Waals surface area contributed by atoms with Crippen molar-refractivity contribution in [3.05, 3.63) is 33.8 Å². The summed E-state index contributed by atoms with van der Waals surface area (Å²) in [6, 6.07) is 5.84. The minimum Gasteiger partial charge on any atom is -0.341 e. The molecule has 4 heteroatoms. The number of nitrogens with zero attached hydrogens (tertiary/aromatic N) is 1. The fourth-order valence-corrected chi connectivity index (χ4v) is 3.20. The van der Waals surface area contributed by atoms with Gasteiger partial charge >= 0.3 is 0 Å². The lowest BCUT2D eigenvalue weighted by Crippen LogP contribution is -2.38. The van der Waals surface area contributed by atoms with E-state index in [0.717, 1.165) is 35.0 Å². The predicted molar refractivity (Wildman–Crippen MR) is 78.2 cm³/mol. The van der Waals surface area contributed by atoms with Gasteiger partial charge in [-0.3, -0.25) is 4.79 Å². The lowest BCUT2D eigenvalue weighted by atomic mass is 9.84. The van der Waals surface area contributed by atoms with Gasteiger partial charge in [-0.1, -0.05) is 11.6 Å². The standard InChI is InChI=1S/C14H17BrClNO/c1-9-3-4-13(15)12(5-9)14(18)17(2)8-10-6-11(16)7-10/h3-5,10-11H,6-8H2,1-2H3. The average Bonchev–Trinajstić information content (AvgIpc) is 2.29. The molecule has 18 heavy (non-hydrogen) atoms. The molecule has 0 aliphatic heterocycles. The molecule has 0 bridgehead atoms. The molecule has 1 aliphatic carbocycles. The molecule has 1 fully saturated rings. The molecule has 0 atom stereocenters. The Morgan fingerprint density at radius 2 is 2.17 bits per heavy atom. The van der Waals surface area contributed by atoms with Gasteiger partial charge in [-0.15, -0.1) is 11.6 Å². The van der Waals surface area contributed by atoms with E-state index in [1.54, 1.807) is 4.90 Å². The number of carbonyl (C=O) groups excluding carboxylic acids is 1. The third-order valence-corrected chi connectivity index (χ3v) is 4.46. The number of amides is 1. The molecule has 1 amide bonds. The van der Waals surface area contributed by atoms with Crippen LogP contribution in [-0.4, -0.2) is 29.8 Å². The van der Waals surface area contributed by atoms with E-state index < -0.39 is 0 Å². The van der Waals surface area contributed by atoms with Crippen LogP contribution in [0.5, 0.6) is 0 Å². The van der Waals surface area contributed by atoms with E-state index in [1.807, 2.05) is 32.2 Å². The lowest BCUT2D eigenvalue weighted by molar-refractivity contribution is 0.0746. The maximum Gasteiger partial charge on any atom is 0.254 e. The minimum atomic E-state index is 0.0728. The smallest absolute Gasteiger partial charge is 0.254 e. The first-order valence-electron chi connectivity index (χ1n) is 6.13. The SMILES string of the molecule is Cc1ccc(Br)c(C(=O)N(C)CC2CC(Cl)C2)c1. The van der Waals surface area contributed by atoms with E-state index in [0.29, 0.717) is 11.3 Å². The van der Waals surface area contributed by atoms with Crippen LogP contribution in [0, 0.1) is 12.8 Å². The van der Waals surface area contributed by atoms with Gasteiger partial charge in [0.2, 0.25) is 0 Å². The highest BCUT2D eigenvalue weighted by Crippen LogP contribution is 2.32. The van der Waals surface area contributed by atoms with E-state index >= 15 is 0 Å². The van der Waals surface area contributed by atoms with Crippen molar-refractivity contribution >= 4 is 33.4 Å². The van der Waals surface area contributed by atoms with Crippen LogP contribution in [0.25, 0.3) is 0 Å². The fourth-order valence-electron chi connectivity index (χ4n) is 2.28. The Labute approximate surface area is 121 Å². The van der Waals surface area contributed by atoms with Gasteiger partial charge in [0.15, 0.2) is 0 Å². The van der Waals surface area contributed by atoms with Gasteiger partial charge in [-0.25, -0.2) is 0 Å². The molecule has 2 rings (SSSR count).